The van der Waals surface area contributed by atoms with Gasteiger partial charge in [-0.15, -0.1) is 0 Å². The minimum atomic E-state index is -1.79. The number of hydrogen-bond donors (Lipinski definition) is 1. The minimum absolute atomic E-state index is 0.0713. The largest absolute Gasteiger partial charge is 0.496 e. The highest BCUT2D eigenvalue weighted by Crippen LogP contribution is 2.55. The lowest BCUT2D eigenvalue weighted by atomic mass is 9.58. The van der Waals surface area contributed by atoms with Crippen molar-refractivity contribution in [2.75, 3.05) is 26.8 Å². The first-order valence-electron chi connectivity index (χ1n) is 9.46. The van der Waals surface area contributed by atoms with Crippen molar-refractivity contribution >= 4 is 6.09 Å². The molecule has 2 atom stereocenters. The summed E-state index contributed by atoms with van der Waals surface area (Å²) in [5.74, 6) is -0.761. The third kappa shape index (κ3) is 3.02. The maximum atomic E-state index is 12.4. The number of nitriles is 3. The lowest BCUT2D eigenvalue weighted by molar-refractivity contribution is 0.0998. The number of ether oxygens (including phenoxy) is 2. The van der Waals surface area contributed by atoms with Gasteiger partial charge in [0.05, 0.1) is 37.1 Å². The van der Waals surface area contributed by atoms with Gasteiger partial charge in [-0.2, -0.15) is 15.8 Å². The Morgan fingerprint density at radius 1 is 1.30 bits per heavy atom. The normalized spacial score (nSPS) is 22.0. The van der Waals surface area contributed by atoms with Crippen molar-refractivity contribution in [1.29, 1.82) is 15.8 Å². The molecule has 0 fully saturated rings. The first kappa shape index (κ1) is 20.8. The summed E-state index contributed by atoms with van der Waals surface area (Å²) >= 11 is 0. The van der Waals surface area contributed by atoms with Crippen LogP contribution >= 0.6 is 0 Å². The van der Waals surface area contributed by atoms with Gasteiger partial charge in [0.15, 0.2) is 5.41 Å². The van der Waals surface area contributed by atoms with Gasteiger partial charge < -0.3 is 20.1 Å². The molecule has 3 rings (SSSR count). The molecule has 1 aromatic carbocycles. The first-order chi connectivity index (χ1) is 14.5. The molecule has 1 amide bonds. The van der Waals surface area contributed by atoms with Crippen molar-refractivity contribution in [2.45, 2.75) is 12.8 Å². The van der Waals surface area contributed by atoms with Gasteiger partial charge in [0.2, 0.25) is 0 Å². The summed E-state index contributed by atoms with van der Waals surface area (Å²) in [5, 5.41) is 30.0. The van der Waals surface area contributed by atoms with Crippen molar-refractivity contribution in [3.05, 3.63) is 52.7 Å². The van der Waals surface area contributed by atoms with Crippen molar-refractivity contribution in [2.24, 2.45) is 17.1 Å². The molecule has 152 valence electrons. The molecule has 2 N–H and O–H groups in total. The summed E-state index contributed by atoms with van der Waals surface area (Å²) in [5.41, 5.74) is 5.79. The van der Waals surface area contributed by atoms with Crippen LogP contribution in [0.5, 0.6) is 5.75 Å². The molecule has 1 aliphatic carbocycles. The van der Waals surface area contributed by atoms with Gasteiger partial charge in [-0.05, 0) is 18.6 Å². The average Bonchev–Trinajstić information content (AvgIpc) is 2.78. The van der Waals surface area contributed by atoms with Crippen LogP contribution in [0.25, 0.3) is 0 Å². The van der Waals surface area contributed by atoms with E-state index in [-0.39, 0.29) is 31.0 Å². The van der Waals surface area contributed by atoms with E-state index >= 15 is 0 Å². The second kappa shape index (κ2) is 8.19. The number of para-hydroxylation sites is 1. The molecule has 0 saturated heterocycles. The van der Waals surface area contributed by atoms with E-state index in [9.17, 15) is 20.6 Å². The summed E-state index contributed by atoms with van der Waals surface area (Å²) in [6.45, 7) is 2.36. The number of fused-ring (bicyclic) bond motifs is 1. The zero-order chi connectivity index (χ0) is 21.9. The molecule has 0 unspecified atom stereocenters. The highest BCUT2D eigenvalue weighted by Gasteiger charge is 2.55. The molecule has 1 heterocycles. The van der Waals surface area contributed by atoms with E-state index in [1.54, 1.807) is 37.3 Å². The number of methoxy groups -OCH3 is 1. The van der Waals surface area contributed by atoms with Crippen LogP contribution in [0.15, 0.2) is 47.2 Å². The number of hydrogen-bond acceptors (Lipinski definition) is 7. The molecule has 30 heavy (non-hydrogen) atoms. The Kier molecular flexibility index (Phi) is 5.67. The van der Waals surface area contributed by atoms with Crippen LogP contribution in [-0.2, 0) is 4.74 Å². The molecule has 2 aliphatic rings. The van der Waals surface area contributed by atoms with Crippen molar-refractivity contribution in [3.63, 3.8) is 0 Å². The Bertz CT molecular complexity index is 1040. The van der Waals surface area contributed by atoms with E-state index in [1.165, 1.54) is 12.0 Å². The number of allylic oxidation sites excluding steroid dienone is 2. The second-order valence-electron chi connectivity index (χ2n) is 7.02. The highest BCUT2D eigenvalue weighted by molar-refractivity contribution is 5.69. The van der Waals surface area contributed by atoms with Crippen molar-refractivity contribution in [3.8, 4) is 24.0 Å². The van der Waals surface area contributed by atoms with Crippen LogP contribution in [0.1, 0.15) is 18.4 Å². The van der Waals surface area contributed by atoms with E-state index < -0.39 is 23.3 Å². The fourth-order valence-electron chi connectivity index (χ4n) is 4.31. The van der Waals surface area contributed by atoms with E-state index in [2.05, 4.69) is 18.2 Å². The smallest absolute Gasteiger partial charge is 0.410 e. The third-order valence-corrected chi connectivity index (χ3v) is 5.66. The fraction of sp³-hybridized carbons (Fsp3) is 0.364. The first-order valence-corrected chi connectivity index (χ1v) is 9.46. The monoisotopic (exact) mass is 403 g/mol. The van der Waals surface area contributed by atoms with Crippen molar-refractivity contribution in [1.82, 2.24) is 4.90 Å². The lowest BCUT2D eigenvalue weighted by Crippen LogP contribution is -2.49. The maximum Gasteiger partial charge on any atom is 0.410 e. The predicted octanol–water partition coefficient (Wildman–Crippen LogP) is 2.58. The van der Waals surface area contributed by atoms with Gasteiger partial charge >= 0.3 is 6.09 Å². The Hall–Kier alpha value is -3.96. The van der Waals surface area contributed by atoms with Crippen LogP contribution < -0.4 is 10.5 Å². The molecular weight excluding hydrogens is 382 g/mol. The zero-order valence-electron chi connectivity index (χ0n) is 16.8. The fourth-order valence-corrected chi connectivity index (χ4v) is 4.31. The predicted molar refractivity (Wildman–Crippen MR) is 106 cm³/mol. The van der Waals surface area contributed by atoms with Gasteiger partial charge in [0.1, 0.15) is 11.8 Å². The van der Waals surface area contributed by atoms with E-state index in [1.807, 2.05) is 0 Å². The summed E-state index contributed by atoms with van der Waals surface area (Å²) in [6.07, 6.45) is 1.25. The van der Waals surface area contributed by atoms with Gasteiger partial charge in [-0.25, -0.2) is 4.79 Å². The number of nitrogens with two attached hydrogens (primary N) is 1. The number of benzene rings is 1. The van der Waals surface area contributed by atoms with Gasteiger partial charge in [0.25, 0.3) is 0 Å². The Morgan fingerprint density at radius 3 is 2.60 bits per heavy atom. The molecule has 0 radical (unpaired) electrons. The van der Waals surface area contributed by atoms with Gasteiger partial charge in [-0.1, -0.05) is 24.3 Å². The molecule has 0 bridgehead atoms. The zero-order valence-corrected chi connectivity index (χ0v) is 16.8. The highest BCUT2D eigenvalue weighted by atomic mass is 16.6. The van der Waals surface area contributed by atoms with E-state index in [0.717, 1.165) is 0 Å². The Labute approximate surface area is 175 Å². The van der Waals surface area contributed by atoms with E-state index in [4.69, 9.17) is 15.2 Å². The second-order valence-corrected chi connectivity index (χ2v) is 7.02. The van der Waals surface area contributed by atoms with Gasteiger partial charge in [0, 0.05) is 30.5 Å². The summed E-state index contributed by atoms with van der Waals surface area (Å²) in [4.78, 5) is 13.9. The van der Waals surface area contributed by atoms with Crippen molar-refractivity contribution < 1.29 is 14.3 Å². The number of amides is 1. The molecular formula is C22H21N5O3. The average molecular weight is 403 g/mol. The molecule has 0 spiro atoms. The molecule has 1 aromatic rings. The molecule has 0 aromatic heterocycles. The summed E-state index contributed by atoms with van der Waals surface area (Å²) < 4.78 is 10.6. The van der Waals surface area contributed by atoms with Crippen LogP contribution in [0.2, 0.25) is 0 Å². The summed E-state index contributed by atoms with van der Waals surface area (Å²) in [7, 11) is 1.50. The molecule has 0 saturated carbocycles. The SMILES string of the molecule is CCOC(=O)N1CC=C2C(C#N)=C(N)C(C#N)(C#N)[C@@H](c3ccccc3OC)[C@H]2C1. The van der Waals surface area contributed by atoms with Crippen LogP contribution in [0.3, 0.4) is 0 Å². The maximum absolute atomic E-state index is 12.4. The molecule has 8 nitrogen and oxygen atoms in total. The topological polar surface area (TPSA) is 136 Å². The summed E-state index contributed by atoms with van der Waals surface area (Å²) in [6, 6.07) is 13.3. The quantitative estimate of drug-likeness (QED) is 0.819. The lowest BCUT2D eigenvalue weighted by Gasteiger charge is -2.45. The Morgan fingerprint density at radius 2 is 2.00 bits per heavy atom. The number of rotatable bonds is 3. The third-order valence-electron chi connectivity index (χ3n) is 5.66. The Balaban J connectivity index is 2.28. The standard InChI is InChI=1S/C22H21N5O3/c1-3-30-21(28)27-9-8-14-16(10-23)20(26)22(12-24,13-25)19(17(14)11-27)15-6-4-5-7-18(15)29-2/h4-8,17,19H,3,9,11,26H2,1-2H3/t17-,19-/m0/s1. The number of carbonyl (C=O) groups is 1. The minimum Gasteiger partial charge on any atom is -0.496 e. The molecule has 8 heteroatoms. The molecule has 1 aliphatic heterocycles. The number of nitrogens with zero attached hydrogens (tertiary/aromatic N) is 4. The van der Waals surface area contributed by atoms with Gasteiger partial charge in [-0.3, -0.25) is 0 Å². The number of carbonyl (C=O) groups excluding carboxylic acids is 1. The van der Waals surface area contributed by atoms with E-state index in [0.29, 0.717) is 16.9 Å². The van der Waals surface area contributed by atoms with Crippen LogP contribution in [0.4, 0.5) is 4.79 Å². The van der Waals surface area contributed by atoms with Crippen LogP contribution in [0, 0.1) is 45.3 Å². The van der Waals surface area contributed by atoms with Crippen LogP contribution in [-0.4, -0.2) is 37.8 Å².